The Morgan fingerprint density at radius 1 is 1.10 bits per heavy atom. The molecule has 1 fully saturated rings. The Morgan fingerprint density at radius 3 is 2.33 bits per heavy atom. The number of para-hydroxylation sites is 1. The van der Waals surface area contributed by atoms with Gasteiger partial charge >= 0.3 is 6.18 Å². The lowest BCUT2D eigenvalue weighted by atomic mass is 10.0. The summed E-state index contributed by atoms with van der Waals surface area (Å²) in [7, 11) is 0. The topological polar surface area (TPSA) is 49.4 Å². The predicted octanol–water partition coefficient (Wildman–Crippen LogP) is 5.60. The van der Waals surface area contributed by atoms with Crippen molar-refractivity contribution in [2.24, 2.45) is 5.92 Å². The number of carbonyl (C=O) groups excluding carboxylic acids is 2. The number of nitrogens with one attached hydrogen (secondary N) is 1. The molecule has 2 aromatic rings. The average Bonchev–Trinajstić information content (AvgIpc) is 3.48. The van der Waals surface area contributed by atoms with E-state index in [0.717, 1.165) is 6.07 Å². The highest BCUT2D eigenvalue weighted by atomic mass is 35.5. The Balaban J connectivity index is 1.68. The minimum absolute atomic E-state index is 0.117. The number of nitrogens with zero attached hydrogens (tertiary/aromatic N) is 1. The number of hydrogen-bond acceptors (Lipinski definition) is 2. The molecule has 1 N–H and O–H groups in total. The van der Waals surface area contributed by atoms with Gasteiger partial charge in [0.15, 0.2) is 0 Å². The van der Waals surface area contributed by atoms with E-state index in [-0.39, 0.29) is 40.3 Å². The first-order valence-corrected chi connectivity index (χ1v) is 10.1. The van der Waals surface area contributed by atoms with E-state index in [4.69, 9.17) is 23.2 Å². The van der Waals surface area contributed by atoms with Crippen LogP contribution in [0.1, 0.15) is 30.4 Å². The third kappa shape index (κ3) is 4.90. The number of benzene rings is 2. The van der Waals surface area contributed by atoms with Gasteiger partial charge in [-0.1, -0.05) is 47.5 Å². The number of anilines is 1. The molecule has 9 heteroatoms. The van der Waals surface area contributed by atoms with E-state index < -0.39 is 29.5 Å². The van der Waals surface area contributed by atoms with Crippen LogP contribution in [0.5, 0.6) is 0 Å². The van der Waals surface area contributed by atoms with Gasteiger partial charge in [0.25, 0.3) is 0 Å². The molecule has 2 atom stereocenters. The molecule has 2 unspecified atom stereocenters. The van der Waals surface area contributed by atoms with Crippen LogP contribution in [0.2, 0.25) is 10.0 Å². The Morgan fingerprint density at radius 2 is 1.73 bits per heavy atom. The zero-order chi connectivity index (χ0) is 22.1. The van der Waals surface area contributed by atoms with Crippen LogP contribution in [0.3, 0.4) is 0 Å². The van der Waals surface area contributed by atoms with Gasteiger partial charge in [-0.05, 0) is 43.0 Å². The molecule has 0 radical (unpaired) electrons. The summed E-state index contributed by atoms with van der Waals surface area (Å²) in [4.78, 5) is 26.5. The molecule has 1 aliphatic rings. The monoisotopic (exact) mass is 458 g/mol. The van der Waals surface area contributed by atoms with Crippen molar-refractivity contribution >= 4 is 40.7 Å². The fraction of sp³-hybridized carbons (Fsp3) is 0.333. The Kier molecular flexibility index (Phi) is 6.62. The molecule has 3 rings (SSSR count). The van der Waals surface area contributed by atoms with Crippen LogP contribution in [0.15, 0.2) is 42.5 Å². The highest BCUT2D eigenvalue weighted by Crippen LogP contribution is 2.51. The van der Waals surface area contributed by atoms with Crippen molar-refractivity contribution < 1.29 is 22.8 Å². The van der Waals surface area contributed by atoms with Crippen LogP contribution in [0.4, 0.5) is 18.9 Å². The van der Waals surface area contributed by atoms with E-state index in [0.29, 0.717) is 6.42 Å². The molecular weight excluding hydrogens is 440 g/mol. The van der Waals surface area contributed by atoms with Gasteiger partial charge < -0.3 is 10.2 Å². The fourth-order valence-electron chi connectivity index (χ4n) is 3.44. The maximum Gasteiger partial charge on any atom is 0.416 e. The summed E-state index contributed by atoms with van der Waals surface area (Å²) < 4.78 is 39.8. The smallest absolute Gasteiger partial charge is 0.333 e. The average molecular weight is 459 g/mol. The van der Waals surface area contributed by atoms with Gasteiger partial charge in [-0.25, -0.2) is 0 Å². The van der Waals surface area contributed by atoms with Gasteiger partial charge in [-0.15, -0.1) is 0 Å². The molecule has 30 heavy (non-hydrogen) atoms. The van der Waals surface area contributed by atoms with E-state index >= 15 is 0 Å². The summed E-state index contributed by atoms with van der Waals surface area (Å²) in [6.45, 7) is 1.70. The number of rotatable bonds is 6. The summed E-state index contributed by atoms with van der Waals surface area (Å²) >= 11 is 12.1. The molecule has 4 nitrogen and oxygen atoms in total. The van der Waals surface area contributed by atoms with Gasteiger partial charge in [0.1, 0.15) is 0 Å². The Hall–Kier alpha value is -2.25. The second-order valence-electron chi connectivity index (χ2n) is 7.03. The number of alkyl halides is 3. The van der Waals surface area contributed by atoms with Crippen LogP contribution in [0, 0.1) is 5.92 Å². The van der Waals surface area contributed by atoms with Crippen molar-refractivity contribution in [2.45, 2.75) is 25.4 Å². The molecule has 0 aromatic heterocycles. The summed E-state index contributed by atoms with van der Waals surface area (Å²) in [6, 6.07) is 10.1. The molecule has 1 aliphatic carbocycles. The number of halogens is 5. The van der Waals surface area contributed by atoms with Crippen LogP contribution < -0.4 is 5.32 Å². The SMILES string of the molecule is CCN(CC(=O)Nc1c(Cl)cccc1Cl)C(=O)C1CC1c1ccccc1C(F)(F)F. The molecule has 0 aliphatic heterocycles. The Bertz CT molecular complexity index is 945. The lowest BCUT2D eigenvalue weighted by Gasteiger charge is -2.21. The molecule has 2 aromatic carbocycles. The van der Waals surface area contributed by atoms with E-state index in [1.807, 2.05) is 0 Å². The van der Waals surface area contributed by atoms with Gasteiger partial charge in [-0.2, -0.15) is 13.2 Å². The highest BCUT2D eigenvalue weighted by molar-refractivity contribution is 6.39. The van der Waals surface area contributed by atoms with Crippen LogP contribution in [-0.4, -0.2) is 29.8 Å². The fourth-order valence-corrected chi connectivity index (χ4v) is 3.93. The summed E-state index contributed by atoms with van der Waals surface area (Å²) in [6.07, 6.45) is -4.16. The standard InChI is InChI=1S/C21H19Cl2F3N2O2/c1-2-28(11-18(29)27-19-16(22)8-5-9-17(19)23)20(30)14-10-13(14)12-6-3-4-7-15(12)21(24,25)26/h3-9,13-14H,2,10-11H2,1H3,(H,27,29). The lowest BCUT2D eigenvalue weighted by Crippen LogP contribution is -2.39. The summed E-state index contributed by atoms with van der Waals surface area (Å²) in [5, 5.41) is 3.10. The number of hydrogen-bond donors (Lipinski definition) is 1. The highest BCUT2D eigenvalue weighted by Gasteiger charge is 2.49. The quantitative estimate of drug-likeness (QED) is 0.611. The second kappa shape index (κ2) is 8.86. The number of likely N-dealkylation sites (N-methyl/N-ethyl adjacent to an activating group) is 1. The van der Waals surface area contributed by atoms with Gasteiger partial charge in [0.05, 0.1) is 27.8 Å². The maximum absolute atomic E-state index is 13.3. The first kappa shape index (κ1) is 22.4. The summed E-state index contributed by atoms with van der Waals surface area (Å²) in [5.41, 5.74) is -0.358. The minimum atomic E-state index is -4.48. The minimum Gasteiger partial charge on any atom is -0.333 e. The van der Waals surface area contributed by atoms with Crippen molar-refractivity contribution in [3.63, 3.8) is 0 Å². The molecule has 0 bridgehead atoms. The summed E-state index contributed by atoms with van der Waals surface area (Å²) in [5.74, 6) is -1.93. The van der Waals surface area contributed by atoms with Crippen LogP contribution >= 0.6 is 23.2 Å². The van der Waals surface area contributed by atoms with E-state index in [1.54, 1.807) is 25.1 Å². The molecule has 0 spiro atoms. The third-order valence-corrected chi connectivity index (χ3v) is 5.66. The lowest BCUT2D eigenvalue weighted by molar-refractivity contribution is -0.139. The van der Waals surface area contributed by atoms with Crippen molar-refractivity contribution in [3.8, 4) is 0 Å². The van der Waals surface area contributed by atoms with Crippen LogP contribution in [-0.2, 0) is 15.8 Å². The molecular formula is C21H19Cl2F3N2O2. The van der Waals surface area contributed by atoms with Crippen LogP contribution in [0.25, 0.3) is 0 Å². The van der Waals surface area contributed by atoms with Crippen molar-refractivity contribution in [1.82, 2.24) is 4.90 Å². The van der Waals surface area contributed by atoms with Gasteiger partial charge in [0, 0.05) is 12.5 Å². The van der Waals surface area contributed by atoms with Crippen molar-refractivity contribution in [2.75, 3.05) is 18.4 Å². The maximum atomic E-state index is 13.3. The number of carbonyl (C=O) groups is 2. The Labute approximate surface area is 182 Å². The van der Waals surface area contributed by atoms with Gasteiger partial charge in [-0.3, -0.25) is 9.59 Å². The largest absolute Gasteiger partial charge is 0.416 e. The van der Waals surface area contributed by atoms with Crippen molar-refractivity contribution in [3.05, 3.63) is 63.6 Å². The van der Waals surface area contributed by atoms with E-state index in [9.17, 15) is 22.8 Å². The zero-order valence-corrected chi connectivity index (χ0v) is 17.5. The number of amides is 2. The van der Waals surface area contributed by atoms with Gasteiger partial charge in [0.2, 0.25) is 11.8 Å². The first-order valence-electron chi connectivity index (χ1n) is 9.32. The predicted molar refractivity (Wildman–Crippen MR) is 110 cm³/mol. The zero-order valence-electron chi connectivity index (χ0n) is 16.0. The molecule has 160 valence electrons. The molecule has 0 heterocycles. The van der Waals surface area contributed by atoms with E-state index in [2.05, 4.69) is 5.32 Å². The molecule has 2 amide bonds. The normalized spacial score (nSPS) is 18.1. The van der Waals surface area contributed by atoms with E-state index in [1.165, 1.54) is 23.1 Å². The third-order valence-electron chi connectivity index (χ3n) is 5.03. The van der Waals surface area contributed by atoms with Crippen molar-refractivity contribution in [1.29, 1.82) is 0 Å². The molecule has 0 saturated heterocycles. The first-order chi connectivity index (χ1) is 14.1. The second-order valence-corrected chi connectivity index (χ2v) is 7.85. The molecule has 1 saturated carbocycles.